The lowest BCUT2D eigenvalue weighted by molar-refractivity contribution is -0.138. The molecule has 0 atom stereocenters. The van der Waals surface area contributed by atoms with Crippen LogP contribution in [-0.2, 0) is 9.53 Å². The van der Waals surface area contributed by atoms with Crippen molar-refractivity contribution in [3.8, 4) is 0 Å². The standard InChI is InChI=1S/C14H15FN2.C5H10O2/c15-13-5-6-14(17-9-7-16-8-10-17)12-4-2-1-3-11(12)13;1-5(2,3)7-4-6/h1-6,16H,7-10H2;4H,1-3H3. The van der Waals surface area contributed by atoms with Crippen LogP contribution in [0.2, 0.25) is 0 Å². The molecule has 0 radical (unpaired) electrons. The van der Waals surface area contributed by atoms with E-state index in [0.717, 1.165) is 37.3 Å². The Labute approximate surface area is 142 Å². The smallest absolute Gasteiger partial charge is 0.293 e. The number of nitrogens with zero attached hydrogens (tertiary/aromatic N) is 1. The maximum absolute atomic E-state index is 13.7. The summed E-state index contributed by atoms with van der Waals surface area (Å²) in [4.78, 5) is 11.9. The minimum atomic E-state index is -0.318. The number of rotatable bonds is 2. The largest absolute Gasteiger partial charge is 0.462 e. The van der Waals surface area contributed by atoms with Gasteiger partial charge < -0.3 is 15.0 Å². The lowest BCUT2D eigenvalue weighted by Crippen LogP contribution is -2.43. The van der Waals surface area contributed by atoms with Crippen molar-refractivity contribution in [2.24, 2.45) is 0 Å². The van der Waals surface area contributed by atoms with Gasteiger partial charge in [0.15, 0.2) is 0 Å². The van der Waals surface area contributed by atoms with E-state index < -0.39 is 0 Å². The molecule has 1 aliphatic heterocycles. The summed E-state index contributed by atoms with van der Waals surface area (Å²) in [5.41, 5.74) is 0.824. The highest BCUT2D eigenvalue weighted by Gasteiger charge is 2.14. The van der Waals surface area contributed by atoms with Gasteiger partial charge in [0.1, 0.15) is 11.4 Å². The predicted molar refractivity (Wildman–Crippen MR) is 95.9 cm³/mol. The van der Waals surface area contributed by atoms with Crippen LogP contribution >= 0.6 is 0 Å². The van der Waals surface area contributed by atoms with Crippen molar-refractivity contribution >= 4 is 22.9 Å². The third-order valence-electron chi connectivity index (χ3n) is 3.71. The van der Waals surface area contributed by atoms with Crippen LogP contribution in [0.25, 0.3) is 10.8 Å². The Balaban J connectivity index is 0.000000256. The van der Waals surface area contributed by atoms with E-state index in [0.29, 0.717) is 11.9 Å². The average molecular weight is 332 g/mol. The molecule has 1 heterocycles. The second kappa shape index (κ2) is 8.11. The Morgan fingerprint density at radius 1 is 1.08 bits per heavy atom. The minimum Gasteiger partial charge on any atom is -0.462 e. The van der Waals surface area contributed by atoms with Gasteiger partial charge in [0, 0.05) is 42.6 Å². The van der Waals surface area contributed by atoms with Crippen molar-refractivity contribution in [1.82, 2.24) is 5.32 Å². The molecule has 0 spiro atoms. The number of carbonyl (C=O) groups excluding carboxylic acids is 1. The Morgan fingerprint density at radius 2 is 1.71 bits per heavy atom. The van der Waals surface area contributed by atoms with Gasteiger partial charge in [-0.05, 0) is 32.9 Å². The normalized spacial score (nSPS) is 14.8. The summed E-state index contributed by atoms with van der Waals surface area (Å²) >= 11 is 0. The highest BCUT2D eigenvalue weighted by molar-refractivity contribution is 5.94. The fourth-order valence-corrected chi connectivity index (χ4v) is 2.57. The van der Waals surface area contributed by atoms with Crippen molar-refractivity contribution in [3.63, 3.8) is 0 Å². The molecule has 0 saturated carbocycles. The zero-order chi connectivity index (χ0) is 17.6. The number of hydrogen-bond donors (Lipinski definition) is 1. The number of piperazine rings is 1. The summed E-state index contributed by atoms with van der Waals surface area (Å²) in [6, 6.07) is 11.1. The van der Waals surface area contributed by atoms with Crippen molar-refractivity contribution in [3.05, 3.63) is 42.2 Å². The highest BCUT2D eigenvalue weighted by Crippen LogP contribution is 2.28. The summed E-state index contributed by atoms with van der Waals surface area (Å²) in [5, 5.41) is 5.05. The van der Waals surface area contributed by atoms with E-state index in [4.69, 9.17) is 0 Å². The van der Waals surface area contributed by atoms with E-state index in [1.807, 2.05) is 51.1 Å². The molecule has 1 fully saturated rings. The zero-order valence-electron chi connectivity index (χ0n) is 14.5. The zero-order valence-corrected chi connectivity index (χ0v) is 14.5. The third-order valence-corrected chi connectivity index (χ3v) is 3.71. The lowest BCUT2D eigenvalue weighted by Gasteiger charge is -2.30. The van der Waals surface area contributed by atoms with Gasteiger partial charge in [0.25, 0.3) is 6.47 Å². The molecule has 4 nitrogen and oxygen atoms in total. The molecular weight excluding hydrogens is 307 g/mol. The van der Waals surface area contributed by atoms with Gasteiger partial charge in [-0.15, -0.1) is 0 Å². The lowest BCUT2D eigenvalue weighted by atomic mass is 10.1. The van der Waals surface area contributed by atoms with Gasteiger partial charge in [-0.1, -0.05) is 24.3 Å². The molecule has 2 aromatic carbocycles. The number of fused-ring (bicyclic) bond motifs is 1. The Bertz CT molecular complexity index is 677. The molecule has 1 saturated heterocycles. The first kappa shape index (κ1) is 18.2. The van der Waals surface area contributed by atoms with Crippen LogP contribution in [0.3, 0.4) is 0 Å². The van der Waals surface area contributed by atoms with Crippen molar-refractivity contribution in [1.29, 1.82) is 0 Å². The van der Waals surface area contributed by atoms with Gasteiger partial charge in [-0.25, -0.2) is 4.39 Å². The SMILES string of the molecule is CC(C)(C)OC=O.Fc1ccc(N2CCNCC2)c2ccccc12. The fraction of sp³-hybridized carbons (Fsp3) is 0.421. The first-order valence-corrected chi connectivity index (χ1v) is 8.17. The van der Waals surface area contributed by atoms with Crippen LogP contribution in [0.5, 0.6) is 0 Å². The Kier molecular flexibility index (Phi) is 6.15. The third kappa shape index (κ3) is 4.93. The van der Waals surface area contributed by atoms with Gasteiger partial charge >= 0.3 is 0 Å². The summed E-state index contributed by atoms with van der Waals surface area (Å²) in [7, 11) is 0. The number of anilines is 1. The molecule has 24 heavy (non-hydrogen) atoms. The molecule has 0 aromatic heterocycles. The van der Waals surface area contributed by atoms with Crippen molar-refractivity contribution in [2.75, 3.05) is 31.1 Å². The van der Waals surface area contributed by atoms with Gasteiger partial charge in [-0.2, -0.15) is 0 Å². The molecular formula is C19H25FN2O2. The van der Waals surface area contributed by atoms with Crippen LogP contribution in [-0.4, -0.2) is 38.3 Å². The van der Waals surface area contributed by atoms with E-state index >= 15 is 0 Å². The summed E-state index contributed by atoms with van der Waals surface area (Å²) in [5.74, 6) is -0.139. The monoisotopic (exact) mass is 332 g/mol. The molecule has 3 rings (SSSR count). The predicted octanol–water partition coefficient (Wildman–Crippen LogP) is 3.35. The van der Waals surface area contributed by atoms with Crippen LogP contribution in [0, 0.1) is 5.82 Å². The number of hydrogen-bond acceptors (Lipinski definition) is 4. The van der Waals surface area contributed by atoms with E-state index in [2.05, 4.69) is 15.0 Å². The maximum Gasteiger partial charge on any atom is 0.293 e. The summed E-state index contributed by atoms with van der Waals surface area (Å²) < 4.78 is 18.3. The number of benzene rings is 2. The van der Waals surface area contributed by atoms with Crippen molar-refractivity contribution < 1.29 is 13.9 Å². The van der Waals surface area contributed by atoms with Crippen LogP contribution < -0.4 is 10.2 Å². The number of halogens is 1. The molecule has 5 heteroatoms. The topological polar surface area (TPSA) is 41.6 Å². The highest BCUT2D eigenvalue weighted by atomic mass is 19.1. The first-order chi connectivity index (χ1) is 11.4. The van der Waals surface area contributed by atoms with Gasteiger partial charge in [0.2, 0.25) is 0 Å². The molecule has 0 unspecified atom stereocenters. The van der Waals surface area contributed by atoms with E-state index in [9.17, 15) is 9.18 Å². The van der Waals surface area contributed by atoms with Crippen LogP contribution in [0.1, 0.15) is 20.8 Å². The van der Waals surface area contributed by atoms with E-state index in [1.54, 1.807) is 6.07 Å². The number of carbonyl (C=O) groups is 1. The quantitative estimate of drug-likeness (QED) is 0.857. The fourth-order valence-electron chi connectivity index (χ4n) is 2.57. The molecule has 0 aliphatic carbocycles. The minimum absolute atomic E-state index is 0.139. The second-order valence-corrected chi connectivity index (χ2v) is 6.68. The Hall–Kier alpha value is -2.14. The maximum atomic E-state index is 13.7. The van der Waals surface area contributed by atoms with E-state index in [-0.39, 0.29) is 11.4 Å². The molecule has 1 aliphatic rings. The summed E-state index contributed by atoms with van der Waals surface area (Å²) in [6.07, 6.45) is 0. The summed E-state index contributed by atoms with van der Waals surface area (Å²) in [6.45, 7) is 9.87. The molecule has 130 valence electrons. The Morgan fingerprint density at radius 3 is 2.25 bits per heavy atom. The van der Waals surface area contributed by atoms with Gasteiger partial charge in [-0.3, -0.25) is 4.79 Å². The second-order valence-electron chi connectivity index (χ2n) is 6.68. The molecule has 0 bridgehead atoms. The van der Waals surface area contributed by atoms with E-state index in [1.165, 1.54) is 0 Å². The molecule has 1 N–H and O–H groups in total. The van der Waals surface area contributed by atoms with Crippen LogP contribution in [0.15, 0.2) is 36.4 Å². The molecule has 2 aromatic rings. The van der Waals surface area contributed by atoms with Crippen LogP contribution in [0.4, 0.5) is 10.1 Å². The molecule has 0 amide bonds. The average Bonchev–Trinajstić information content (AvgIpc) is 2.56. The van der Waals surface area contributed by atoms with Crippen molar-refractivity contribution in [2.45, 2.75) is 26.4 Å². The number of nitrogens with one attached hydrogen (secondary N) is 1. The van der Waals surface area contributed by atoms with Gasteiger partial charge in [0.05, 0.1) is 0 Å². The number of ether oxygens (including phenoxy) is 1. The first-order valence-electron chi connectivity index (χ1n) is 8.17.